The third kappa shape index (κ3) is 3.70. The van der Waals surface area contributed by atoms with Gasteiger partial charge in [0.1, 0.15) is 11.9 Å². The highest BCUT2D eigenvalue weighted by atomic mass is 16.2. The van der Waals surface area contributed by atoms with Gasteiger partial charge in [0.25, 0.3) is 5.56 Å². The maximum atomic E-state index is 12.5. The Labute approximate surface area is 146 Å². The Morgan fingerprint density at radius 2 is 2.16 bits per heavy atom. The van der Waals surface area contributed by atoms with Crippen LogP contribution in [0.5, 0.6) is 0 Å². The van der Waals surface area contributed by atoms with Crippen molar-refractivity contribution >= 4 is 11.7 Å². The van der Waals surface area contributed by atoms with E-state index < -0.39 is 6.04 Å². The molecule has 7 heteroatoms. The van der Waals surface area contributed by atoms with Crippen LogP contribution in [0.1, 0.15) is 36.2 Å². The first-order valence-corrected chi connectivity index (χ1v) is 8.47. The number of rotatable bonds is 5. The molecule has 0 bridgehead atoms. The molecule has 1 amide bonds. The van der Waals surface area contributed by atoms with Crippen molar-refractivity contribution in [2.75, 3.05) is 19.0 Å². The van der Waals surface area contributed by atoms with Crippen LogP contribution in [-0.4, -0.2) is 34.8 Å². The van der Waals surface area contributed by atoms with Gasteiger partial charge in [0.2, 0.25) is 5.91 Å². The van der Waals surface area contributed by atoms with Crippen molar-refractivity contribution in [1.82, 2.24) is 20.1 Å². The fourth-order valence-electron chi connectivity index (χ4n) is 2.96. The number of hydrogen-bond donors (Lipinski definition) is 1. The first-order chi connectivity index (χ1) is 12.0. The summed E-state index contributed by atoms with van der Waals surface area (Å²) in [6.45, 7) is 2.08. The zero-order valence-corrected chi connectivity index (χ0v) is 14.8. The van der Waals surface area contributed by atoms with Crippen LogP contribution in [0.2, 0.25) is 0 Å². The van der Waals surface area contributed by atoms with Gasteiger partial charge in [-0.25, -0.2) is 9.67 Å². The Morgan fingerprint density at radius 1 is 1.36 bits per heavy atom. The van der Waals surface area contributed by atoms with E-state index in [1.54, 1.807) is 19.2 Å². The number of amides is 1. The molecule has 0 aliphatic heterocycles. The molecule has 0 radical (unpaired) electrons. The van der Waals surface area contributed by atoms with Crippen molar-refractivity contribution in [2.45, 2.75) is 38.8 Å². The molecule has 2 heterocycles. The number of anilines is 1. The average Bonchev–Trinajstić information content (AvgIpc) is 3.05. The molecule has 0 fully saturated rings. The lowest BCUT2D eigenvalue weighted by molar-refractivity contribution is -0.124. The highest BCUT2D eigenvalue weighted by molar-refractivity contribution is 5.79. The monoisotopic (exact) mass is 341 g/mol. The second kappa shape index (κ2) is 7.04. The molecule has 1 atom stereocenters. The third-order valence-corrected chi connectivity index (χ3v) is 4.46. The minimum Gasteiger partial charge on any atom is -0.363 e. The van der Waals surface area contributed by atoms with Crippen LogP contribution in [0.3, 0.4) is 0 Å². The summed E-state index contributed by atoms with van der Waals surface area (Å²) in [6.07, 6.45) is 4.50. The number of aryl methyl sites for hydroxylation is 2. The first kappa shape index (κ1) is 17.1. The minimum absolute atomic E-state index is 0.220. The topological polar surface area (TPSA) is 80.1 Å². The molecule has 25 heavy (non-hydrogen) atoms. The molecule has 0 aromatic carbocycles. The summed E-state index contributed by atoms with van der Waals surface area (Å²) in [6, 6.07) is 4.75. The van der Waals surface area contributed by atoms with E-state index in [1.807, 2.05) is 31.1 Å². The Kier molecular flexibility index (Phi) is 4.83. The van der Waals surface area contributed by atoms with Crippen molar-refractivity contribution in [3.05, 3.63) is 51.6 Å². The number of carbonyl (C=O) groups excluding carboxylic acids is 1. The molecule has 0 saturated carbocycles. The Hall–Kier alpha value is -2.70. The Morgan fingerprint density at radius 3 is 2.92 bits per heavy atom. The van der Waals surface area contributed by atoms with E-state index in [-0.39, 0.29) is 11.5 Å². The molecule has 1 N–H and O–H groups in total. The van der Waals surface area contributed by atoms with E-state index in [0.29, 0.717) is 6.54 Å². The quantitative estimate of drug-likeness (QED) is 0.880. The standard InChI is InChI=1S/C18H23N5O2/c1-12(23-17(24)10-14-5-4-6-15(14)21-23)18(25)20-11-13-7-8-19-16(9-13)22(2)3/h7-10,12H,4-6,11H2,1-3H3,(H,20,25). The molecule has 0 saturated heterocycles. The molecular weight excluding hydrogens is 318 g/mol. The summed E-state index contributed by atoms with van der Waals surface area (Å²) >= 11 is 0. The second-order valence-electron chi connectivity index (χ2n) is 6.56. The lowest BCUT2D eigenvalue weighted by atomic mass is 10.2. The van der Waals surface area contributed by atoms with E-state index in [0.717, 1.165) is 41.9 Å². The summed E-state index contributed by atoms with van der Waals surface area (Å²) in [7, 11) is 3.83. The number of carbonyl (C=O) groups is 1. The average molecular weight is 341 g/mol. The Balaban J connectivity index is 1.69. The van der Waals surface area contributed by atoms with Crippen molar-refractivity contribution in [2.24, 2.45) is 0 Å². The molecular formula is C18H23N5O2. The van der Waals surface area contributed by atoms with Crippen LogP contribution >= 0.6 is 0 Å². The van der Waals surface area contributed by atoms with Crippen LogP contribution in [0, 0.1) is 0 Å². The normalized spacial score (nSPS) is 14.0. The smallest absolute Gasteiger partial charge is 0.267 e. The maximum Gasteiger partial charge on any atom is 0.267 e. The SMILES string of the molecule is CC(C(=O)NCc1ccnc(N(C)C)c1)n1nc2c(cc1=O)CCC2. The molecule has 1 unspecified atom stereocenters. The molecule has 2 aromatic rings. The largest absolute Gasteiger partial charge is 0.363 e. The van der Waals surface area contributed by atoms with E-state index in [2.05, 4.69) is 15.4 Å². The van der Waals surface area contributed by atoms with Crippen LogP contribution in [0.15, 0.2) is 29.2 Å². The summed E-state index contributed by atoms with van der Waals surface area (Å²) in [5, 5.41) is 7.27. The summed E-state index contributed by atoms with van der Waals surface area (Å²) in [5.74, 6) is 0.604. The van der Waals surface area contributed by atoms with Gasteiger partial charge in [-0.3, -0.25) is 9.59 Å². The van der Waals surface area contributed by atoms with Gasteiger partial charge in [-0.15, -0.1) is 0 Å². The van der Waals surface area contributed by atoms with Crippen LogP contribution in [0.4, 0.5) is 5.82 Å². The molecule has 7 nitrogen and oxygen atoms in total. The van der Waals surface area contributed by atoms with Gasteiger partial charge in [0.15, 0.2) is 0 Å². The fraction of sp³-hybridized carbons (Fsp3) is 0.444. The van der Waals surface area contributed by atoms with Crippen LogP contribution in [-0.2, 0) is 24.2 Å². The molecule has 1 aliphatic carbocycles. The van der Waals surface area contributed by atoms with Gasteiger partial charge in [0, 0.05) is 32.9 Å². The number of aromatic nitrogens is 3. The zero-order chi connectivity index (χ0) is 18.0. The van der Waals surface area contributed by atoms with Gasteiger partial charge in [-0.1, -0.05) is 0 Å². The second-order valence-corrected chi connectivity index (χ2v) is 6.56. The predicted octanol–water partition coefficient (Wildman–Crippen LogP) is 1.07. The number of nitrogens with zero attached hydrogens (tertiary/aromatic N) is 4. The number of hydrogen-bond acceptors (Lipinski definition) is 5. The predicted molar refractivity (Wildman–Crippen MR) is 95.6 cm³/mol. The van der Waals surface area contributed by atoms with Crippen LogP contribution < -0.4 is 15.8 Å². The number of pyridine rings is 1. The summed E-state index contributed by atoms with van der Waals surface area (Å²) in [5.41, 5.74) is 2.68. The number of nitrogens with one attached hydrogen (secondary N) is 1. The van der Waals surface area contributed by atoms with Crippen LogP contribution in [0.25, 0.3) is 0 Å². The summed E-state index contributed by atoms with van der Waals surface area (Å²) in [4.78, 5) is 30.8. The van der Waals surface area contributed by atoms with Crippen molar-refractivity contribution in [3.63, 3.8) is 0 Å². The van der Waals surface area contributed by atoms with Gasteiger partial charge in [-0.05, 0) is 49.4 Å². The minimum atomic E-state index is -0.645. The zero-order valence-electron chi connectivity index (χ0n) is 14.8. The highest BCUT2D eigenvalue weighted by Crippen LogP contribution is 2.18. The molecule has 3 rings (SSSR count). The van der Waals surface area contributed by atoms with Gasteiger partial charge >= 0.3 is 0 Å². The lowest BCUT2D eigenvalue weighted by Gasteiger charge is -2.16. The lowest BCUT2D eigenvalue weighted by Crippen LogP contribution is -2.37. The van der Waals surface area contributed by atoms with Gasteiger partial charge in [0.05, 0.1) is 5.69 Å². The Bertz CT molecular complexity index is 844. The van der Waals surface area contributed by atoms with Crippen molar-refractivity contribution in [1.29, 1.82) is 0 Å². The van der Waals surface area contributed by atoms with Crippen molar-refractivity contribution < 1.29 is 4.79 Å². The number of fused-ring (bicyclic) bond motifs is 1. The van der Waals surface area contributed by atoms with E-state index in [4.69, 9.17) is 0 Å². The first-order valence-electron chi connectivity index (χ1n) is 8.47. The van der Waals surface area contributed by atoms with Gasteiger partial charge in [-0.2, -0.15) is 5.10 Å². The molecule has 132 valence electrons. The van der Waals surface area contributed by atoms with E-state index in [1.165, 1.54) is 4.68 Å². The highest BCUT2D eigenvalue weighted by Gasteiger charge is 2.21. The summed E-state index contributed by atoms with van der Waals surface area (Å²) < 4.78 is 1.29. The van der Waals surface area contributed by atoms with Crippen molar-refractivity contribution in [3.8, 4) is 0 Å². The molecule has 0 spiro atoms. The maximum absolute atomic E-state index is 12.5. The third-order valence-electron chi connectivity index (χ3n) is 4.46. The van der Waals surface area contributed by atoms with E-state index in [9.17, 15) is 9.59 Å². The van der Waals surface area contributed by atoms with E-state index >= 15 is 0 Å². The molecule has 1 aliphatic rings. The van der Waals surface area contributed by atoms with Gasteiger partial charge < -0.3 is 10.2 Å². The fourth-order valence-corrected chi connectivity index (χ4v) is 2.96. The molecule has 2 aromatic heterocycles.